The zero-order valence-electron chi connectivity index (χ0n) is 15.9. The van der Waals surface area contributed by atoms with Crippen molar-refractivity contribution in [2.24, 2.45) is 0 Å². The number of halogens is 1. The first-order valence-corrected chi connectivity index (χ1v) is 10.6. The molecule has 0 aliphatic heterocycles. The lowest BCUT2D eigenvalue weighted by Crippen LogP contribution is -2.16. The first-order valence-electron chi connectivity index (χ1n) is 8.80. The molecule has 0 saturated heterocycles. The molecule has 0 aliphatic rings. The van der Waals surface area contributed by atoms with E-state index in [1.165, 1.54) is 11.1 Å². The number of hydrogen-bond donors (Lipinski definition) is 0. The number of hydrogen-bond acceptors (Lipinski definition) is 5. The molecule has 148 valence electrons. The summed E-state index contributed by atoms with van der Waals surface area (Å²) in [4.78, 5) is 15.9. The molecule has 0 atom stereocenters. The Morgan fingerprint density at radius 3 is 2.46 bits per heavy atom. The molecule has 6 nitrogen and oxygen atoms in total. The third-order valence-corrected chi connectivity index (χ3v) is 6.38. The third kappa shape index (κ3) is 4.05. The van der Waals surface area contributed by atoms with E-state index in [0.717, 1.165) is 11.1 Å². The molecule has 0 bridgehead atoms. The van der Waals surface area contributed by atoms with Gasteiger partial charge in [0.2, 0.25) is 0 Å². The predicted molar refractivity (Wildman–Crippen MR) is 108 cm³/mol. The SMILES string of the molecule is COC(=O)CCCc1cc2nc(Cl)ccc2n1S(=O)(=O)c1cc(C)cc(C)c1. The number of aromatic nitrogens is 2. The lowest BCUT2D eigenvalue weighted by atomic mass is 10.2. The maximum absolute atomic E-state index is 13.5. The highest BCUT2D eigenvalue weighted by Crippen LogP contribution is 2.28. The summed E-state index contributed by atoms with van der Waals surface area (Å²) in [7, 11) is -2.52. The molecule has 3 aromatic rings. The number of aryl methyl sites for hydroxylation is 3. The highest BCUT2D eigenvalue weighted by molar-refractivity contribution is 7.90. The first-order chi connectivity index (χ1) is 13.2. The van der Waals surface area contributed by atoms with Crippen LogP contribution in [0.2, 0.25) is 5.15 Å². The average Bonchev–Trinajstić information content (AvgIpc) is 2.98. The molecule has 0 fully saturated rings. The van der Waals surface area contributed by atoms with Crippen LogP contribution in [0.25, 0.3) is 11.0 Å². The maximum Gasteiger partial charge on any atom is 0.305 e. The summed E-state index contributed by atoms with van der Waals surface area (Å²) in [5, 5.41) is 0.287. The van der Waals surface area contributed by atoms with Crippen LogP contribution in [0.1, 0.15) is 29.7 Å². The van der Waals surface area contributed by atoms with Crippen LogP contribution in [-0.2, 0) is 26.0 Å². The lowest BCUT2D eigenvalue weighted by molar-refractivity contribution is -0.140. The summed E-state index contributed by atoms with van der Waals surface area (Å²) in [5.41, 5.74) is 3.23. The van der Waals surface area contributed by atoms with Gasteiger partial charge in [0.15, 0.2) is 0 Å². The number of carbonyl (C=O) groups excluding carboxylic acids is 1. The normalized spacial score (nSPS) is 11.7. The van der Waals surface area contributed by atoms with Gasteiger partial charge in [0.1, 0.15) is 5.15 Å². The van der Waals surface area contributed by atoms with E-state index in [9.17, 15) is 13.2 Å². The van der Waals surface area contributed by atoms with Crippen molar-refractivity contribution >= 4 is 38.6 Å². The summed E-state index contributed by atoms with van der Waals surface area (Å²) in [6.45, 7) is 3.72. The van der Waals surface area contributed by atoms with Gasteiger partial charge in [0, 0.05) is 12.1 Å². The highest BCUT2D eigenvalue weighted by Gasteiger charge is 2.24. The molecular formula is C20H21ClN2O4S. The summed E-state index contributed by atoms with van der Waals surface area (Å²) in [5.74, 6) is -0.332. The van der Waals surface area contributed by atoms with E-state index in [4.69, 9.17) is 11.6 Å². The second-order valence-corrected chi connectivity index (χ2v) is 8.87. The number of methoxy groups -OCH3 is 1. The van der Waals surface area contributed by atoms with Gasteiger partial charge in [0.05, 0.1) is 23.0 Å². The van der Waals surface area contributed by atoms with Crippen LogP contribution in [0.5, 0.6) is 0 Å². The molecule has 0 spiro atoms. The van der Waals surface area contributed by atoms with Crippen LogP contribution in [0.4, 0.5) is 0 Å². The molecule has 0 aliphatic carbocycles. The molecule has 0 N–H and O–H groups in total. The van der Waals surface area contributed by atoms with Gasteiger partial charge in [0.25, 0.3) is 10.0 Å². The van der Waals surface area contributed by atoms with Crippen molar-refractivity contribution in [2.75, 3.05) is 7.11 Å². The van der Waals surface area contributed by atoms with Crippen molar-refractivity contribution in [1.82, 2.24) is 8.96 Å². The number of esters is 1. The van der Waals surface area contributed by atoms with Crippen molar-refractivity contribution in [2.45, 2.75) is 38.0 Å². The molecule has 0 saturated carbocycles. The highest BCUT2D eigenvalue weighted by atomic mass is 35.5. The van der Waals surface area contributed by atoms with Crippen molar-refractivity contribution < 1.29 is 17.9 Å². The minimum absolute atomic E-state index is 0.204. The van der Waals surface area contributed by atoms with Gasteiger partial charge in [-0.2, -0.15) is 0 Å². The number of rotatable bonds is 6. The topological polar surface area (TPSA) is 78.3 Å². The number of ether oxygens (including phenoxy) is 1. The third-order valence-electron chi connectivity index (χ3n) is 4.43. The smallest absolute Gasteiger partial charge is 0.305 e. The summed E-state index contributed by atoms with van der Waals surface area (Å²) < 4.78 is 32.9. The Morgan fingerprint density at radius 2 is 1.82 bits per heavy atom. The molecule has 8 heteroatoms. The Morgan fingerprint density at radius 1 is 1.14 bits per heavy atom. The number of benzene rings is 1. The first kappa shape index (κ1) is 20.4. The molecular weight excluding hydrogens is 400 g/mol. The number of nitrogens with zero attached hydrogens (tertiary/aromatic N) is 2. The number of pyridine rings is 1. The second-order valence-electron chi connectivity index (χ2n) is 6.70. The molecule has 28 heavy (non-hydrogen) atoms. The predicted octanol–water partition coefficient (Wildman–Crippen LogP) is 4.04. The maximum atomic E-state index is 13.5. The zero-order valence-corrected chi connectivity index (χ0v) is 17.5. The largest absolute Gasteiger partial charge is 0.469 e. The van der Waals surface area contributed by atoms with E-state index in [0.29, 0.717) is 29.6 Å². The number of carbonyl (C=O) groups is 1. The fourth-order valence-corrected chi connectivity index (χ4v) is 5.15. The fourth-order valence-electron chi connectivity index (χ4n) is 3.25. The average molecular weight is 421 g/mol. The van der Waals surface area contributed by atoms with Crippen molar-refractivity contribution in [3.63, 3.8) is 0 Å². The lowest BCUT2D eigenvalue weighted by Gasteiger charge is -2.13. The molecule has 3 rings (SSSR count). The van der Waals surface area contributed by atoms with Gasteiger partial charge in [-0.25, -0.2) is 17.4 Å². The Balaban J connectivity index is 2.14. The van der Waals surface area contributed by atoms with Crippen LogP contribution < -0.4 is 0 Å². The van der Waals surface area contributed by atoms with E-state index in [-0.39, 0.29) is 22.4 Å². The van der Waals surface area contributed by atoms with Crippen molar-refractivity contribution in [3.05, 3.63) is 58.4 Å². The van der Waals surface area contributed by atoms with Gasteiger partial charge in [-0.05, 0) is 68.1 Å². The van der Waals surface area contributed by atoms with Crippen LogP contribution >= 0.6 is 11.6 Å². The van der Waals surface area contributed by atoms with Gasteiger partial charge in [-0.15, -0.1) is 0 Å². The van der Waals surface area contributed by atoms with Crippen LogP contribution in [0, 0.1) is 13.8 Å². The van der Waals surface area contributed by atoms with E-state index < -0.39 is 10.0 Å². The Hall–Kier alpha value is -2.38. The Kier molecular flexibility index (Phi) is 5.76. The van der Waals surface area contributed by atoms with Crippen LogP contribution in [-0.4, -0.2) is 30.5 Å². The second kappa shape index (κ2) is 7.93. The Labute approximate surface area is 169 Å². The summed E-state index contributed by atoms with van der Waals surface area (Å²) in [6.07, 6.45) is 1.04. The summed E-state index contributed by atoms with van der Waals surface area (Å²) in [6, 6.07) is 10.1. The van der Waals surface area contributed by atoms with Crippen LogP contribution in [0.15, 0.2) is 41.3 Å². The van der Waals surface area contributed by atoms with Gasteiger partial charge in [-0.3, -0.25) is 4.79 Å². The Bertz CT molecular complexity index is 1130. The summed E-state index contributed by atoms with van der Waals surface area (Å²) >= 11 is 5.99. The molecule has 2 aromatic heterocycles. The minimum atomic E-state index is -3.85. The molecule has 0 amide bonds. The number of fused-ring (bicyclic) bond motifs is 1. The minimum Gasteiger partial charge on any atom is -0.469 e. The van der Waals surface area contributed by atoms with E-state index in [2.05, 4.69) is 9.72 Å². The zero-order chi connectivity index (χ0) is 20.5. The van der Waals surface area contributed by atoms with E-state index in [1.54, 1.807) is 30.3 Å². The van der Waals surface area contributed by atoms with Gasteiger partial charge in [-0.1, -0.05) is 17.7 Å². The van der Waals surface area contributed by atoms with Crippen LogP contribution in [0.3, 0.4) is 0 Å². The monoisotopic (exact) mass is 420 g/mol. The quantitative estimate of drug-likeness (QED) is 0.444. The van der Waals surface area contributed by atoms with Crippen molar-refractivity contribution in [3.8, 4) is 0 Å². The molecule has 0 unspecified atom stereocenters. The molecule has 1 aromatic carbocycles. The van der Waals surface area contributed by atoms with E-state index in [1.807, 2.05) is 19.9 Å². The van der Waals surface area contributed by atoms with E-state index >= 15 is 0 Å². The van der Waals surface area contributed by atoms with Crippen molar-refractivity contribution in [1.29, 1.82) is 0 Å². The molecule has 0 radical (unpaired) electrons. The van der Waals surface area contributed by atoms with Gasteiger partial charge < -0.3 is 4.74 Å². The standard InChI is InChI=1S/C20H21ClN2O4S/c1-13-9-14(2)11-16(10-13)28(25,26)23-15(5-4-6-20(24)27-3)12-17-18(23)7-8-19(21)22-17/h7-12H,4-6H2,1-3H3. The fraction of sp³-hybridized carbons (Fsp3) is 0.300. The van der Waals surface area contributed by atoms with Gasteiger partial charge >= 0.3 is 5.97 Å². The molecule has 2 heterocycles.